The van der Waals surface area contributed by atoms with E-state index in [2.05, 4.69) is 21.2 Å². The number of rotatable bonds is 5. The number of nitrogens with one attached hydrogen (secondary N) is 1. The SMILES string of the molecule is CC(CNC(=O)c1cc(F)cc(S(N)(=O)=O)c1Br)C1CC1. The third-order valence-electron chi connectivity index (χ3n) is 3.57. The maximum atomic E-state index is 13.5. The fraction of sp³-hybridized carbons (Fsp3) is 0.462. The highest BCUT2D eigenvalue weighted by molar-refractivity contribution is 9.10. The molecule has 1 atom stereocenters. The van der Waals surface area contributed by atoms with Gasteiger partial charge in [-0.3, -0.25) is 4.79 Å². The highest BCUT2D eigenvalue weighted by atomic mass is 79.9. The van der Waals surface area contributed by atoms with Crippen molar-refractivity contribution in [1.82, 2.24) is 5.32 Å². The van der Waals surface area contributed by atoms with Gasteiger partial charge in [0.15, 0.2) is 0 Å². The lowest BCUT2D eigenvalue weighted by molar-refractivity contribution is 0.0945. The molecule has 1 aliphatic carbocycles. The molecule has 8 heteroatoms. The number of hydrogen-bond acceptors (Lipinski definition) is 3. The highest BCUT2D eigenvalue weighted by Gasteiger charge is 2.28. The molecule has 0 heterocycles. The predicted molar refractivity (Wildman–Crippen MR) is 79.7 cm³/mol. The van der Waals surface area contributed by atoms with Crippen LogP contribution in [0.4, 0.5) is 4.39 Å². The third-order valence-corrected chi connectivity index (χ3v) is 5.62. The maximum Gasteiger partial charge on any atom is 0.252 e. The van der Waals surface area contributed by atoms with Crippen LogP contribution < -0.4 is 10.5 Å². The summed E-state index contributed by atoms with van der Waals surface area (Å²) in [6.45, 7) is 2.51. The molecule has 5 nitrogen and oxygen atoms in total. The van der Waals surface area contributed by atoms with Gasteiger partial charge >= 0.3 is 0 Å². The minimum Gasteiger partial charge on any atom is -0.352 e. The normalized spacial score (nSPS) is 16.6. The molecule has 1 aromatic rings. The number of hydrogen-bond donors (Lipinski definition) is 2. The predicted octanol–water partition coefficient (Wildman–Crippen LogP) is 2.01. The van der Waals surface area contributed by atoms with Crippen LogP contribution >= 0.6 is 15.9 Å². The van der Waals surface area contributed by atoms with Crippen LogP contribution in [0.1, 0.15) is 30.1 Å². The molecular formula is C13H16BrFN2O3S. The van der Waals surface area contributed by atoms with Crippen molar-refractivity contribution < 1.29 is 17.6 Å². The Hall–Kier alpha value is -0.990. The number of carbonyl (C=O) groups excluding carboxylic acids is 1. The second-order valence-corrected chi connectivity index (χ2v) is 7.66. The van der Waals surface area contributed by atoms with Crippen molar-refractivity contribution in [3.8, 4) is 0 Å². The van der Waals surface area contributed by atoms with E-state index in [0.717, 1.165) is 25.0 Å². The lowest BCUT2D eigenvalue weighted by Gasteiger charge is -2.13. The Morgan fingerprint density at radius 2 is 2.14 bits per heavy atom. The molecule has 116 valence electrons. The van der Waals surface area contributed by atoms with Gasteiger partial charge in [-0.25, -0.2) is 17.9 Å². The molecule has 1 aliphatic rings. The Morgan fingerprint density at radius 3 is 2.67 bits per heavy atom. The summed E-state index contributed by atoms with van der Waals surface area (Å²) >= 11 is 3.01. The molecule has 0 spiro atoms. The molecule has 0 saturated heterocycles. The average Bonchev–Trinajstić information content (AvgIpc) is 3.20. The largest absolute Gasteiger partial charge is 0.352 e. The Bertz CT molecular complexity index is 674. The molecule has 1 unspecified atom stereocenters. The van der Waals surface area contributed by atoms with Gasteiger partial charge in [-0.15, -0.1) is 0 Å². The first-order chi connectivity index (χ1) is 9.70. The van der Waals surface area contributed by atoms with Crippen LogP contribution in [0.25, 0.3) is 0 Å². The summed E-state index contributed by atoms with van der Waals surface area (Å²) in [6, 6.07) is 1.76. The third kappa shape index (κ3) is 4.02. The summed E-state index contributed by atoms with van der Waals surface area (Å²) in [7, 11) is -4.11. The topological polar surface area (TPSA) is 89.3 Å². The molecule has 3 N–H and O–H groups in total. The fourth-order valence-corrected chi connectivity index (χ4v) is 3.84. The van der Waals surface area contributed by atoms with Crippen LogP contribution in [-0.4, -0.2) is 20.9 Å². The van der Waals surface area contributed by atoms with Crippen LogP contribution in [0.2, 0.25) is 0 Å². The van der Waals surface area contributed by atoms with E-state index >= 15 is 0 Å². The van der Waals surface area contributed by atoms with Crippen molar-refractivity contribution in [2.45, 2.75) is 24.7 Å². The molecule has 1 saturated carbocycles. The summed E-state index contributed by atoms with van der Waals surface area (Å²) in [5, 5.41) is 7.71. The van der Waals surface area contributed by atoms with Gasteiger partial charge in [-0.1, -0.05) is 6.92 Å². The molecule has 0 aromatic heterocycles. The van der Waals surface area contributed by atoms with Crippen molar-refractivity contribution in [2.75, 3.05) is 6.54 Å². The first kappa shape index (κ1) is 16.4. The summed E-state index contributed by atoms with van der Waals surface area (Å²) in [5.41, 5.74) is -0.0815. The Kier molecular flexibility index (Phi) is 4.69. The van der Waals surface area contributed by atoms with E-state index in [1.807, 2.05) is 6.92 Å². The standard InChI is InChI=1S/C13H16BrFN2O3S/c1-7(8-2-3-8)6-17-13(18)10-4-9(15)5-11(12(10)14)21(16,19)20/h4-5,7-8H,2-3,6H2,1H3,(H,17,18)(H2,16,19,20). The zero-order chi connectivity index (χ0) is 15.8. The monoisotopic (exact) mass is 378 g/mol. The first-order valence-electron chi connectivity index (χ1n) is 6.50. The molecule has 21 heavy (non-hydrogen) atoms. The van der Waals surface area contributed by atoms with Gasteiger partial charge in [0.2, 0.25) is 10.0 Å². The molecule has 1 amide bonds. The summed E-state index contributed by atoms with van der Waals surface area (Å²) in [4.78, 5) is 11.7. The van der Waals surface area contributed by atoms with Gasteiger partial charge in [0.1, 0.15) is 5.82 Å². The van der Waals surface area contributed by atoms with E-state index in [1.54, 1.807) is 0 Å². The number of amides is 1. The van der Waals surface area contributed by atoms with E-state index in [1.165, 1.54) is 0 Å². The number of halogens is 2. The van der Waals surface area contributed by atoms with Crippen LogP contribution in [-0.2, 0) is 10.0 Å². The number of carbonyl (C=O) groups is 1. The number of nitrogens with two attached hydrogens (primary N) is 1. The van der Waals surface area contributed by atoms with Crippen molar-refractivity contribution in [2.24, 2.45) is 17.0 Å². The van der Waals surface area contributed by atoms with Gasteiger partial charge in [-0.05, 0) is 52.7 Å². The smallest absolute Gasteiger partial charge is 0.252 e. The van der Waals surface area contributed by atoms with Crippen LogP contribution in [0.5, 0.6) is 0 Å². The molecule has 1 aromatic carbocycles. The Morgan fingerprint density at radius 1 is 1.52 bits per heavy atom. The summed E-state index contributed by atoms with van der Waals surface area (Å²) in [6.07, 6.45) is 2.33. The molecule has 0 bridgehead atoms. The second-order valence-electron chi connectivity index (χ2n) is 5.34. The van der Waals surface area contributed by atoms with E-state index < -0.39 is 26.6 Å². The quantitative estimate of drug-likeness (QED) is 0.820. The van der Waals surface area contributed by atoms with E-state index in [9.17, 15) is 17.6 Å². The van der Waals surface area contributed by atoms with E-state index in [-0.39, 0.29) is 10.0 Å². The molecule has 0 radical (unpaired) electrons. The zero-order valence-electron chi connectivity index (χ0n) is 11.4. The van der Waals surface area contributed by atoms with Crippen LogP contribution in [0.3, 0.4) is 0 Å². The molecule has 1 fully saturated rings. The van der Waals surface area contributed by atoms with Crippen molar-refractivity contribution in [3.05, 3.63) is 28.0 Å². The lowest BCUT2D eigenvalue weighted by Crippen LogP contribution is -2.29. The zero-order valence-corrected chi connectivity index (χ0v) is 13.8. The summed E-state index contributed by atoms with van der Waals surface area (Å²) < 4.78 is 36.3. The van der Waals surface area contributed by atoms with E-state index in [0.29, 0.717) is 18.4 Å². The van der Waals surface area contributed by atoms with Crippen molar-refractivity contribution in [1.29, 1.82) is 0 Å². The highest BCUT2D eigenvalue weighted by Crippen LogP contribution is 2.36. The van der Waals surface area contributed by atoms with Gasteiger partial charge < -0.3 is 5.32 Å². The minimum atomic E-state index is -4.11. The maximum absolute atomic E-state index is 13.5. The van der Waals surface area contributed by atoms with Crippen molar-refractivity contribution in [3.63, 3.8) is 0 Å². The Balaban J connectivity index is 2.22. The molecule has 2 rings (SSSR count). The number of primary sulfonamides is 1. The van der Waals surface area contributed by atoms with Gasteiger partial charge in [0, 0.05) is 6.54 Å². The van der Waals surface area contributed by atoms with Gasteiger partial charge in [0.25, 0.3) is 5.91 Å². The van der Waals surface area contributed by atoms with Crippen molar-refractivity contribution >= 4 is 31.9 Å². The summed E-state index contributed by atoms with van der Waals surface area (Å²) in [5.74, 6) is -0.387. The Labute approximate surface area is 131 Å². The van der Waals surface area contributed by atoms with Gasteiger partial charge in [0.05, 0.1) is 14.9 Å². The average molecular weight is 379 g/mol. The first-order valence-corrected chi connectivity index (χ1v) is 8.84. The second kappa shape index (κ2) is 6.02. The van der Waals surface area contributed by atoms with Crippen LogP contribution in [0, 0.1) is 17.7 Å². The van der Waals surface area contributed by atoms with E-state index in [4.69, 9.17) is 5.14 Å². The minimum absolute atomic E-state index is 0.0250. The lowest BCUT2D eigenvalue weighted by atomic mass is 10.1. The molecule has 0 aliphatic heterocycles. The van der Waals surface area contributed by atoms with Gasteiger partial charge in [-0.2, -0.15) is 0 Å². The van der Waals surface area contributed by atoms with Crippen LogP contribution in [0.15, 0.2) is 21.5 Å². The number of benzene rings is 1. The number of sulfonamides is 1. The fourth-order valence-electron chi connectivity index (χ4n) is 2.12. The molecular weight excluding hydrogens is 363 g/mol.